The number of thiophene rings is 1. The van der Waals surface area contributed by atoms with Crippen molar-refractivity contribution >= 4 is 17.4 Å². The van der Waals surface area contributed by atoms with Crippen LogP contribution < -0.4 is 5.32 Å². The van der Waals surface area contributed by atoms with Crippen molar-refractivity contribution < 1.29 is 4.79 Å². The lowest BCUT2D eigenvalue weighted by atomic mass is 10.1. The highest BCUT2D eigenvalue weighted by Crippen LogP contribution is 2.18. The molecule has 1 aromatic carbocycles. The summed E-state index contributed by atoms with van der Waals surface area (Å²) < 4.78 is 0. The van der Waals surface area contributed by atoms with Crippen molar-refractivity contribution in [1.82, 2.24) is 10.2 Å². The average Bonchev–Trinajstić information content (AvgIpc) is 3.02. The lowest BCUT2D eigenvalue weighted by Gasteiger charge is -2.21. The molecule has 1 heterocycles. The van der Waals surface area contributed by atoms with Crippen molar-refractivity contribution in [2.24, 2.45) is 0 Å². The van der Waals surface area contributed by atoms with Crippen LogP contribution in [-0.4, -0.2) is 18.0 Å². The third-order valence-electron chi connectivity index (χ3n) is 3.51. The first kappa shape index (κ1) is 15.6. The molecule has 0 saturated carbocycles. The summed E-state index contributed by atoms with van der Waals surface area (Å²) >= 11 is 1.66. The molecule has 21 heavy (non-hydrogen) atoms. The van der Waals surface area contributed by atoms with Crippen LogP contribution in [0.1, 0.15) is 35.9 Å². The number of benzene rings is 1. The van der Waals surface area contributed by atoms with Gasteiger partial charge in [0.1, 0.15) is 0 Å². The van der Waals surface area contributed by atoms with Gasteiger partial charge in [-0.2, -0.15) is 0 Å². The van der Waals surface area contributed by atoms with Gasteiger partial charge in [0, 0.05) is 18.5 Å². The Morgan fingerprint density at radius 1 is 1.24 bits per heavy atom. The van der Waals surface area contributed by atoms with Crippen molar-refractivity contribution in [2.45, 2.75) is 32.9 Å². The van der Waals surface area contributed by atoms with E-state index in [-0.39, 0.29) is 12.1 Å². The van der Waals surface area contributed by atoms with Crippen molar-refractivity contribution in [2.75, 3.05) is 7.05 Å². The van der Waals surface area contributed by atoms with Gasteiger partial charge in [-0.25, -0.2) is 4.79 Å². The molecule has 0 radical (unpaired) electrons. The second-order valence-electron chi connectivity index (χ2n) is 5.21. The van der Waals surface area contributed by atoms with E-state index in [1.165, 1.54) is 10.4 Å². The quantitative estimate of drug-likeness (QED) is 0.881. The summed E-state index contributed by atoms with van der Waals surface area (Å²) in [6, 6.07) is 12.5. The molecule has 1 N–H and O–H groups in total. The van der Waals surface area contributed by atoms with Crippen molar-refractivity contribution in [3.05, 3.63) is 57.8 Å². The number of hydrogen-bond donors (Lipinski definition) is 1. The van der Waals surface area contributed by atoms with E-state index in [0.717, 1.165) is 12.0 Å². The standard InChI is InChI=1S/C17H22N2OS/c1-4-14-7-9-15(10-8-14)12-19(3)17(20)18-13(2)16-6-5-11-21-16/h5-11,13H,4,12H2,1-3H3,(H,18,20)/t13-/m1/s1. The summed E-state index contributed by atoms with van der Waals surface area (Å²) in [5, 5.41) is 5.05. The van der Waals surface area contributed by atoms with E-state index in [4.69, 9.17) is 0 Å². The topological polar surface area (TPSA) is 32.3 Å². The molecule has 1 atom stereocenters. The van der Waals surface area contributed by atoms with Crippen molar-refractivity contribution in [1.29, 1.82) is 0 Å². The second-order valence-corrected chi connectivity index (χ2v) is 6.19. The fourth-order valence-corrected chi connectivity index (χ4v) is 2.86. The molecule has 2 amide bonds. The van der Waals surface area contributed by atoms with E-state index >= 15 is 0 Å². The maximum Gasteiger partial charge on any atom is 0.317 e. The lowest BCUT2D eigenvalue weighted by molar-refractivity contribution is 0.203. The molecule has 2 aromatic rings. The summed E-state index contributed by atoms with van der Waals surface area (Å²) in [5.74, 6) is 0. The zero-order valence-corrected chi connectivity index (χ0v) is 13.6. The molecule has 112 valence electrons. The highest BCUT2D eigenvalue weighted by atomic mass is 32.1. The number of urea groups is 1. The van der Waals surface area contributed by atoms with Gasteiger partial charge in [0.05, 0.1) is 6.04 Å². The Balaban J connectivity index is 1.89. The number of nitrogens with zero attached hydrogens (tertiary/aromatic N) is 1. The van der Waals surface area contributed by atoms with Gasteiger partial charge >= 0.3 is 6.03 Å². The lowest BCUT2D eigenvalue weighted by Crippen LogP contribution is -2.37. The molecule has 0 aliphatic carbocycles. The number of amides is 2. The third-order valence-corrected chi connectivity index (χ3v) is 4.56. The Hall–Kier alpha value is -1.81. The maximum atomic E-state index is 12.2. The van der Waals surface area contributed by atoms with Crippen LogP contribution in [-0.2, 0) is 13.0 Å². The monoisotopic (exact) mass is 302 g/mol. The van der Waals surface area contributed by atoms with Gasteiger partial charge in [0.2, 0.25) is 0 Å². The number of rotatable bonds is 5. The van der Waals surface area contributed by atoms with E-state index in [0.29, 0.717) is 6.54 Å². The first-order chi connectivity index (χ1) is 10.1. The average molecular weight is 302 g/mol. The molecule has 0 fully saturated rings. The first-order valence-electron chi connectivity index (χ1n) is 7.23. The van der Waals surface area contributed by atoms with Crippen LogP contribution in [0.2, 0.25) is 0 Å². The summed E-state index contributed by atoms with van der Waals surface area (Å²) in [6.07, 6.45) is 1.04. The van der Waals surface area contributed by atoms with Crippen LogP contribution in [0.4, 0.5) is 4.79 Å². The summed E-state index contributed by atoms with van der Waals surface area (Å²) in [7, 11) is 1.82. The van der Waals surface area contributed by atoms with Crippen molar-refractivity contribution in [3.8, 4) is 0 Å². The number of hydrogen-bond acceptors (Lipinski definition) is 2. The first-order valence-corrected chi connectivity index (χ1v) is 8.11. The molecule has 0 aliphatic heterocycles. The van der Waals surface area contributed by atoms with Crippen LogP contribution in [0, 0.1) is 0 Å². The van der Waals surface area contributed by atoms with Crippen LogP contribution in [0.25, 0.3) is 0 Å². The number of aryl methyl sites for hydroxylation is 1. The Morgan fingerprint density at radius 2 is 1.90 bits per heavy atom. The molecule has 0 saturated heterocycles. The molecule has 0 spiro atoms. The zero-order valence-electron chi connectivity index (χ0n) is 12.8. The summed E-state index contributed by atoms with van der Waals surface area (Å²) in [5.41, 5.74) is 2.46. The molecule has 2 rings (SSSR count). The van der Waals surface area contributed by atoms with E-state index in [1.54, 1.807) is 16.2 Å². The normalized spacial score (nSPS) is 12.0. The number of carbonyl (C=O) groups is 1. The summed E-state index contributed by atoms with van der Waals surface area (Å²) in [6.45, 7) is 4.77. The van der Waals surface area contributed by atoms with Gasteiger partial charge in [0.25, 0.3) is 0 Å². The van der Waals surface area contributed by atoms with Crippen LogP contribution in [0.3, 0.4) is 0 Å². The Morgan fingerprint density at radius 3 is 2.48 bits per heavy atom. The fourth-order valence-electron chi connectivity index (χ4n) is 2.13. The van der Waals surface area contributed by atoms with Gasteiger partial charge in [-0.3, -0.25) is 0 Å². The maximum absolute atomic E-state index is 12.2. The van der Waals surface area contributed by atoms with E-state index in [1.807, 2.05) is 31.5 Å². The minimum absolute atomic E-state index is 0.0439. The molecule has 3 nitrogen and oxygen atoms in total. The van der Waals surface area contributed by atoms with Gasteiger partial charge in [0.15, 0.2) is 0 Å². The second kappa shape index (κ2) is 7.27. The third kappa shape index (κ3) is 4.33. The Labute approximate surface area is 130 Å². The molecule has 0 bridgehead atoms. The largest absolute Gasteiger partial charge is 0.331 e. The highest BCUT2D eigenvalue weighted by Gasteiger charge is 2.14. The minimum Gasteiger partial charge on any atom is -0.331 e. The van der Waals surface area contributed by atoms with Crippen LogP contribution in [0.5, 0.6) is 0 Å². The predicted molar refractivity (Wildman–Crippen MR) is 88.6 cm³/mol. The van der Waals surface area contributed by atoms with E-state index in [2.05, 4.69) is 36.5 Å². The summed E-state index contributed by atoms with van der Waals surface area (Å²) in [4.78, 5) is 15.1. The fraction of sp³-hybridized carbons (Fsp3) is 0.353. The Kier molecular flexibility index (Phi) is 5.39. The van der Waals surface area contributed by atoms with Gasteiger partial charge in [-0.15, -0.1) is 11.3 Å². The molecule has 1 aromatic heterocycles. The molecular weight excluding hydrogens is 280 g/mol. The molecular formula is C17H22N2OS. The molecule has 0 unspecified atom stereocenters. The minimum atomic E-state index is -0.0459. The van der Waals surface area contributed by atoms with E-state index in [9.17, 15) is 4.79 Å². The Bertz CT molecular complexity index is 563. The van der Waals surface area contributed by atoms with Crippen LogP contribution in [0.15, 0.2) is 41.8 Å². The highest BCUT2D eigenvalue weighted by molar-refractivity contribution is 7.10. The van der Waals surface area contributed by atoms with Crippen LogP contribution >= 0.6 is 11.3 Å². The van der Waals surface area contributed by atoms with Crippen molar-refractivity contribution in [3.63, 3.8) is 0 Å². The zero-order chi connectivity index (χ0) is 15.2. The number of carbonyl (C=O) groups excluding carboxylic acids is 1. The van der Waals surface area contributed by atoms with Gasteiger partial charge < -0.3 is 10.2 Å². The number of nitrogens with one attached hydrogen (secondary N) is 1. The molecule has 4 heteroatoms. The predicted octanol–water partition coefficient (Wildman–Crippen LogP) is 4.21. The molecule has 0 aliphatic rings. The SMILES string of the molecule is CCc1ccc(CN(C)C(=O)N[C@H](C)c2cccs2)cc1. The smallest absolute Gasteiger partial charge is 0.317 e. The van der Waals surface area contributed by atoms with E-state index < -0.39 is 0 Å². The van der Waals surface area contributed by atoms with Gasteiger partial charge in [-0.05, 0) is 35.9 Å². The van der Waals surface area contributed by atoms with Gasteiger partial charge in [-0.1, -0.05) is 37.3 Å².